The standard InChI is InChI=1S/C6H11NO4/c1-3-11-6(9)5(7-10)4(2)8/h4,8,10H,3H2,1-2H3/b7-5+. The molecule has 0 aromatic rings. The number of nitrogens with zero attached hydrogens (tertiary/aromatic N) is 1. The fourth-order valence-electron chi connectivity index (χ4n) is 0.500. The van der Waals surface area contributed by atoms with Crippen molar-refractivity contribution in [2.24, 2.45) is 5.16 Å². The van der Waals surface area contributed by atoms with Crippen molar-refractivity contribution in [3.8, 4) is 0 Å². The van der Waals surface area contributed by atoms with Crippen molar-refractivity contribution < 1.29 is 19.8 Å². The number of hydrogen-bond donors (Lipinski definition) is 2. The lowest BCUT2D eigenvalue weighted by Gasteiger charge is -2.04. The van der Waals surface area contributed by atoms with E-state index in [0.29, 0.717) is 0 Å². The molecule has 64 valence electrons. The van der Waals surface area contributed by atoms with Gasteiger partial charge in [0, 0.05) is 0 Å². The summed E-state index contributed by atoms with van der Waals surface area (Å²) in [7, 11) is 0. The van der Waals surface area contributed by atoms with Crippen LogP contribution in [0.3, 0.4) is 0 Å². The highest BCUT2D eigenvalue weighted by Gasteiger charge is 2.18. The third kappa shape index (κ3) is 2.99. The highest BCUT2D eigenvalue weighted by molar-refractivity contribution is 6.37. The quantitative estimate of drug-likeness (QED) is 0.259. The number of oxime groups is 1. The molecule has 0 aliphatic heterocycles. The van der Waals surface area contributed by atoms with Gasteiger partial charge in [-0.3, -0.25) is 0 Å². The second-order valence-corrected chi connectivity index (χ2v) is 1.88. The van der Waals surface area contributed by atoms with E-state index in [1.165, 1.54) is 6.92 Å². The van der Waals surface area contributed by atoms with Crippen LogP contribution in [0.15, 0.2) is 5.16 Å². The van der Waals surface area contributed by atoms with Gasteiger partial charge < -0.3 is 15.1 Å². The first-order valence-corrected chi connectivity index (χ1v) is 3.20. The van der Waals surface area contributed by atoms with Crippen molar-refractivity contribution in [3.63, 3.8) is 0 Å². The summed E-state index contributed by atoms with van der Waals surface area (Å²) in [5.41, 5.74) is -0.383. The van der Waals surface area contributed by atoms with Crippen molar-refractivity contribution in [2.45, 2.75) is 20.0 Å². The molecule has 0 aromatic heterocycles. The van der Waals surface area contributed by atoms with E-state index >= 15 is 0 Å². The summed E-state index contributed by atoms with van der Waals surface area (Å²) >= 11 is 0. The van der Waals surface area contributed by atoms with Gasteiger partial charge in [0.05, 0.1) is 6.61 Å². The third-order valence-electron chi connectivity index (χ3n) is 0.988. The third-order valence-corrected chi connectivity index (χ3v) is 0.988. The van der Waals surface area contributed by atoms with E-state index in [0.717, 1.165) is 0 Å². The number of carbonyl (C=O) groups excluding carboxylic acids is 1. The van der Waals surface area contributed by atoms with Crippen LogP contribution in [-0.2, 0) is 9.53 Å². The average Bonchev–Trinajstić information content (AvgIpc) is 1.88. The fourth-order valence-corrected chi connectivity index (χ4v) is 0.500. The number of ether oxygens (including phenoxy) is 1. The highest BCUT2D eigenvalue weighted by Crippen LogP contribution is 1.91. The molecule has 0 aliphatic carbocycles. The van der Waals surface area contributed by atoms with Gasteiger partial charge in [-0.15, -0.1) is 0 Å². The molecule has 0 bridgehead atoms. The number of esters is 1. The Morgan fingerprint density at radius 3 is 2.55 bits per heavy atom. The molecular weight excluding hydrogens is 150 g/mol. The molecule has 0 saturated carbocycles. The number of hydrogen-bond acceptors (Lipinski definition) is 5. The Hall–Kier alpha value is -1.10. The number of aliphatic hydroxyl groups excluding tert-OH is 1. The van der Waals surface area contributed by atoms with Gasteiger partial charge in [-0.25, -0.2) is 4.79 Å². The molecule has 0 amide bonds. The zero-order valence-electron chi connectivity index (χ0n) is 6.44. The van der Waals surface area contributed by atoms with E-state index < -0.39 is 12.1 Å². The van der Waals surface area contributed by atoms with Gasteiger partial charge in [0.2, 0.25) is 0 Å². The molecule has 0 aliphatic rings. The summed E-state index contributed by atoms with van der Waals surface area (Å²) in [5, 5.41) is 19.6. The van der Waals surface area contributed by atoms with Crippen LogP contribution in [0.5, 0.6) is 0 Å². The van der Waals surface area contributed by atoms with Crippen LogP contribution in [0.25, 0.3) is 0 Å². The molecule has 0 heterocycles. The summed E-state index contributed by atoms with van der Waals surface area (Å²) in [4.78, 5) is 10.7. The molecule has 0 spiro atoms. The van der Waals surface area contributed by atoms with Crippen LogP contribution < -0.4 is 0 Å². The predicted octanol–water partition coefficient (Wildman–Crippen LogP) is -0.239. The first-order valence-electron chi connectivity index (χ1n) is 3.20. The summed E-state index contributed by atoms with van der Waals surface area (Å²) in [6.07, 6.45) is -1.11. The van der Waals surface area contributed by atoms with E-state index in [2.05, 4.69) is 9.89 Å². The van der Waals surface area contributed by atoms with Crippen molar-refractivity contribution in [3.05, 3.63) is 0 Å². The Morgan fingerprint density at radius 1 is 1.73 bits per heavy atom. The van der Waals surface area contributed by atoms with Crippen LogP contribution in [0.4, 0.5) is 0 Å². The van der Waals surface area contributed by atoms with E-state index in [-0.39, 0.29) is 12.3 Å². The van der Waals surface area contributed by atoms with E-state index in [1.807, 2.05) is 0 Å². The molecule has 11 heavy (non-hydrogen) atoms. The minimum Gasteiger partial charge on any atom is -0.461 e. The summed E-state index contributed by atoms with van der Waals surface area (Å²) in [6, 6.07) is 0. The number of aliphatic hydroxyl groups is 1. The molecule has 1 unspecified atom stereocenters. The van der Waals surface area contributed by atoms with Gasteiger partial charge in [0.1, 0.15) is 6.10 Å². The first kappa shape index (κ1) is 9.90. The van der Waals surface area contributed by atoms with Crippen molar-refractivity contribution >= 4 is 11.7 Å². The number of rotatable bonds is 3. The molecule has 0 rings (SSSR count). The monoisotopic (exact) mass is 161 g/mol. The Labute approximate surface area is 64.3 Å². The lowest BCUT2D eigenvalue weighted by Crippen LogP contribution is -2.28. The molecule has 0 aromatic carbocycles. The van der Waals surface area contributed by atoms with Gasteiger partial charge in [-0.1, -0.05) is 5.16 Å². The predicted molar refractivity (Wildman–Crippen MR) is 37.5 cm³/mol. The Kier molecular flexibility index (Phi) is 4.21. The number of carbonyl (C=O) groups is 1. The van der Waals surface area contributed by atoms with Crippen molar-refractivity contribution in [2.75, 3.05) is 6.61 Å². The second kappa shape index (κ2) is 4.68. The first-order chi connectivity index (χ1) is 5.13. The molecule has 5 heteroatoms. The Morgan fingerprint density at radius 2 is 2.27 bits per heavy atom. The maximum atomic E-state index is 10.7. The van der Waals surface area contributed by atoms with Gasteiger partial charge in [-0.2, -0.15) is 0 Å². The van der Waals surface area contributed by atoms with E-state index in [4.69, 9.17) is 10.3 Å². The molecule has 1 atom stereocenters. The topological polar surface area (TPSA) is 79.1 Å². The lowest BCUT2D eigenvalue weighted by atomic mass is 10.2. The molecule has 0 radical (unpaired) electrons. The van der Waals surface area contributed by atoms with Gasteiger partial charge in [0.15, 0.2) is 5.71 Å². The van der Waals surface area contributed by atoms with Crippen LogP contribution in [-0.4, -0.2) is 34.7 Å². The van der Waals surface area contributed by atoms with Crippen molar-refractivity contribution in [1.29, 1.82) is 0 Å². The van der Waals surface area contributed by atoms with Crippen molar-refractivity contribution in [1.82, 2.24) is 0 Å². The van der Waals surface area contributed by atoms with E-state index in [1.54, 1.807) is 6.92 Å². The van der Waals surface area contributed by atoms with Gasteiger partial charge >= 0.3 is 5.97 Å². The molecule has 0 saturated heterocycles. The Bertz CT molecular complexity index is 164. The normalized spacial score (nSPS) is 14.3. The maximum Gasteiger partial charge on any atom is 0.358 e. The Balaban J connectivity index is 4.17. The molecule has 2 N–H and O–H groups in total. The summed E-state index contributed by atoms with van der Waals surface area (Å²) in [6.45, 7) is 3.12. The minimum atomic E-state index is -1.11. The molecular formula is C6H11NO4. The zero-order valence-corrected chi connectivity index (χ0v) is 6.44. The van der Waals surface area contributed by atoms with Gasteiger partial charge in [0.25, 0.3) is 0 Å². The zero-order chi connectivity index (χ0) is 8.85. The maximum absolute atomic E-state index is 10.7. The van der Waals surface area contributed by atoms with E-state index in [9.17, 15) is 4.79 Å². The van der Waals surface area contributed by atoms with Crippen LogP contribution in [0.2, 0.25) is 0 Å². The summed E-state index contributed by atoms with van der Waals surface area (Å²) < 4.78 is 4.47. The second-order valence-electron chi connectivity index (χ2n) is 1.88. The molecule has 0 fully saturated rings. The van der Waals surface area contributed by atoms with Gasteiger partial charge in [-0.05, 0) is 13.8 Å². The highest BCUT2D eigenvalue weighted by atomic mass is 16.5. The average molecular weight is 161 g/mol. The molecule has 5 nitrogen and oxygen atoms in total. The minimum absolute atomic E-state index is 0.185. The summed E-state index contributed by atoms with van der Waals surface area (Å²) in [5.74, 6) is -0.801. The van der Waals surface area contributed by atoms with Crippen LogP contribution in [0.1, 0.15) is 13.8 Å². The SMILES string of the molecule is CCOC(=O)/C(=N/O)C(C)O. The smallest absolute Gasteiger partial charge is 0.358 e. The largest absolute Gasteiger partial charge is 0.461 e. The van der Waals surface area contributed by atoms with Crippen LogP contribution in [0, 0.1) is 0 Å². The fraction of sp³-hybridized carbons (Fsp3) is 0.667. The van der Waals surface area contributed by atoms with Crippen LogP contribution >= 0.6 is 0 Å². The lowest BCUT2D eigenvalue weighted by molar-refractivity contribution is -0.135.